The van der Waals surface area contributed by atoms with Gasteiger partial charge in [0.05, 0.1) is 16.7 Å². The van der Waals surface area contributed by atoms with Gasteiger partial charge in [0.1, 0.15) is 22.8 Å². The summed E-state index contributed by atoms with van der Waals surface area (Å²) in [6, 6.07) is 2.90. The number of carbonyl (C=O) groups excluding carboxylic acids is 1. The Kier molecular flexibility index (Phi) is 4.10. The van der Waals surface area contributed by atoms with E-state index in [9.17, 15) is 9.90 Å². The van der Waals surface area contributed by atoms with Gasteiger partial charge in [0, 0.05) is 5.02 Å². The van der Waals surface area contributed by atoms with Crippen molar-refractivity contribution in [3.8, 4) is 5.69 Å². The van der Waals surface area contributed by atoms with Gasteiger partial charge in [-0.3, -0.25) is 4.79 Å². The zero-order valence-electron chi connectivity index (χ0n) is 9.90. The number of aliphatic hydroxyl groups excluding tert-OH is 1. The number of aliphatic hydroxyl groups is 1. The summed E-state index contributed by atoms with van der Waals surface area (Å²) in [5.74, 6) is -0.869. The molecule has 0 aliphatic rings. The number of nitrogens with two attached hydrogens (primary N) is 2. The highest BCUT2D eigenvalue weighted by Gasteiger charge is 2.23. The summed E-state index contributed by atoms with van der Waals surface area (Å²) >= 11 is 17.9. The van der Waals surface area contributed by atoms with E-state index in [0.717, 1.165) is 4.68 Å². The topological polar surface area (TPSA) is 107 Å². The number of rotatable bonds is 3. The summed E-state index contributed by atoms with van der Waals surface area (Å²) in [7, 11) is 0. The molecule has 6 nitrogen and oxygen atoms in total. The summed E-state index contributed by atoms with van der Waals surface area (Å²) < 4.78 is 1.15. The minimum atomic E-state index is -0.806. The van der Waals surface area contributed by atoms with Crippen LogP contribution in [-0.4, -0.2) is 20.8 Å². The lowest BCUT2D eigenvalue weighted by Crippen LogP contribution is -2.15. The van der Waals surface area contributed by atoms with Gasteiger partial charge in [0.15, 0.2) is 0 Å². The van der Waals surface area contributed by atoms with Crippen molar-refractivity contribution in [1.82, 2.24) is 9.78 Å². The van der Waals surface area contributed by atoms with E-state index in [1.54, 1.807) is 0 Å². The monoisotopic (exact) mass is 334 g/mol. The van der Waals surface area contributed by atoms with E-state index < -0.39 is 12.5 Å². The van der Waals surface area contributed by atoms with E-state index in [2.05, 4.69) is 5.10 Å². The zero-order valence-corrected chi connectivity index (χ0v) is 12.2. The van der Waals surface area contributed by atoms with Crippen molar-refractivity contribution in [2.45, 2.75) is 6.61 Å². The first-order valence-corrected chi connectivity index (χ1v) is 6.43. The van der Waals surface area contributed by atoms with Gasteiger partial charge in [0.25, 0.3) is 5.91 Å². The second-order valence-corrected chi connectivity index (χ2v) is 5.11. The van der Waals surface area contributed by atoms with Gasteiger partial charge >= 0.3 is 0 Å². The third-order valence-corrected chi connectivity index (χ3v) is 3.38. The number of nitrogens with zero attached hydrogens (tertiary/aromatic N) is 2. The van der Waals surface area contributed by atoms with Gasteiger partial charge in [-0.2, -0.15) is 5.10 Å². The molecule has 1 aromatic carbocycles. The molecule has 106 valence electrons. The normalized spacial score (nSPS) is 10.8. The Morgan fingerprint density at radius 1 is 1.30 bits per heavy atom. The van der Waals surface area contributed by atoms with Gasteiger partial charge < -0.3 is 16.6 Å². The molecule has 0 fully saturated rings. The molecule has 2 rings (SSSR count). The Bertz CT molecular complexity index is 676. The number of primary amides is 1. The van der Waals surface area contributed by atoms with Crippen molar-refractivity contribution < 1.29 is 9.90 Å². The summed E-state index contributed by atoms with van der Waals surface area (Å²) in [5.41, 5.74) is 11.3. The van der Waals surface area contributed by atoms with Crippen molar-refractivity contribution in [2.24, 2.45) is 5.73 Å². The Labute approximate surface area is 128 Å². The van der Waals surface area contributed by atoms with Crippen LogP contribution >= 0.6 is 34.8 Å². The molecule has 0 spiro atoms. The molecule has 0 radical (unpaired) electrons. The highest BCUT2D eigenvalue weighted by atomic mass is 35.5. The van der Waals surface area contributed by atoms with E-state index in [1.165, 1.54) is 12.1 Å². The van der Waals surface area contributed by atoms with Gasteiger partial charge in [-0.25, -0.2) is 4.68 Å². The van der Waals surface area contributed by atoms with Crippen molar-refractivity contribution >= 4 is 46.5 Å². The van der Waals surface area contributed by atoms with Crippen molar-refractivity contribution in [2.75, 3.05) is 5.73 Å². The Balaban J connectivity index is 2.75. The van der Waals surface area contributed by atoms with E-state index in [4.69, 9.17) is 46.3 Å². The SMILES string of the molecule is NC(=O)c1c(CO)nn(-c2c(Cl)cc(Cl)cc2Cl)c1N. The van der Waals surface area contributed by atoms with Crippen LogP contribution in [0, 0.1) is 0 Å². The number of halogens is 3. The molecular weight excluding hydrogens is 327 g/mol. The van der Waals surface area contributed by atoms with Crippen LogP contribution in [0.5, 0.6) is 0 Å². The molecule has 0 aliphatic carbocycles. The predicted octanol–water partition coefficient (Wildman–Crippen LogP) is 2.01. The molecule has 1 amide bonds. The molecule has 0 saturated heterocycles. The molecular formula is C11H9Cl3N4O2. The number of amides is 1. The minimum Gasteiger partial charge on any atom is -0.390 e. The maximum Gasteiger partial charge on any atom is 0.254 e. The summed E-state index contributed by atoms with van der Waals surface area (Å²) in [5, 5.41) is 13.9. The number of anilines is 1. The van der Waals surface area contributed by atoms with E-state index in [0.29, 0.717) is 5.02 Å². The van der Waals surface area contributed by atoms with Crippen molar-refractivity contribution in [1.29, 1.82) is 0 Å². The number of hydrogen-bond acceptors (Lipinski definition) is 4. The second-order valence-electron chi connectivity index (χ2n) is 3.86. The smallest absolute Gasteiger partial charge is 0.254 e. The molecule has 0 bridgehead atoms. The van der Waals surface area contributed by atoms with Gasteiger partial charge in [-0.05, 0) is 12.1 Å². The van der Waals surface area contributed by atoms with Crippen LogP contribution in [0.3, 0.4) is 0 Å². The second kappa shape index (κ2) is 5.49. The van der Waals surface area contributed by atoms with Gasteiger partial charge in [-0.1, -0.05) is 34.8 Å². The van der Waals surface area contributed by atoms with Crippen LogP contribution in [0.2, 0.25) is 15.1 Å². The fourth-order valence-electron chi connectivity index (χ4n) is 1.76. The number of aromatic nitrogens is 2. The van der Waals surface area contributed by atoms with Gasteiger partial charge in [0.2, 0.25) is 0 Å². The third kappa shape index (κ3) is 2.43. The molecule has 9 heteroatoms. The van der Waals surface area contributed by atoms with E-state index in [-0.39, 0.29) is 32.8 Å². The molecule has 0 saturated carbocycles. The fourth-order valence-corrected chi connectivity index (χ4v) is 2.74. The first-order valence-electron chi connectivity index (χ1n) is 5.29. The Morgan fingerprint density at radius 2 is 1.85 bits per heavy atom. The van der Waals surface area contributed by atoms with Crippen LogP contribution < -0.4 is 11.5 Å². The molecule has 1 aromatic heterocycles. The lowest BCUT2D eigenvalue weighted by atomic mass is 10.2. The number of benzene rings is 1. The van der Waals surface area contributed by atoms with Crippen LogP contribution in [0.15, 0.2) is 12.1 Å². The largest absolute Gasteiger partial charge is 0.390 e. The Morgan fingerprint density at radius 3 is 2.25 bits per heavy atom. The van der Waals surface area contributed by atoms with Gasteiger partial charge in [-0.15, -0.1) is 0 Å². The number of hydrogen-bond donors (Lipinski definition) is 3. The van der Waals surface area contributed by atoms with E-state index >= 15 is 0 Å². The standard InChI is InChI=1S/C11H9Cl3N4O2/c12-4-1-5(13)9(6(14)2-4)18-10(15)8(11(16)20)7(3-19)17-18/h1-2,19H,3,15H2,(H2,16,20). The first kappa shape index (κ1) is 14.9. The average Bonchev–Trinajstić information content (AvgIpc) is 2.65. The van der Waals surface area contributed by atoms with Crippen molar-refractivity contribution in [3.63, 3.8) is 0 Å². The highest BCUT2D eigenvalue weighted by molar-refractivity contribution is 6.40. The average molecular weight is 336 g/mol. The summed E-state index contributed by atoms with van der Waals surface area (Å²) in [6.07, 6.45) is 0. The van der Waals surface area contributed by atoms with Crippen LogP contribution in [0.4, 0.5) is 5.82 Å². The van der Waals surface area contributed by atoms with Crippen LogP contribution in [-0.2, 0) is 6.61 Å². The lowest BCUT2D eigenvalue weighted by molar-refractivity contribution is 0.0998. The zero-order chi connectivity index (χ0) is 15.0. The summed E-state index contributed by atoms with van der Waals surface area (Å²) in [6.45, 7) is -0.502. The third-order valence-electron chi connectivity index (χ3n) is 2.58. The van der Waals surface area contributed by atoms with Crippen molar-refractivity contribution in [3.05, 3.63) is 38.5 Å². The maximum absolute atomic E-state index is 11.4. The maximum atomic E-state index is 11.4. The molecule has 0 aliphatic heterocycles. The lowest BCUT2D eigenvalue weighted by Gasteiger charge is -2.09. The predicted molar refractivity (Wildman–Crippen MR) is 77.4 cm³/mol. The Hall–Kier alpha value is -1.47. The molecule has 0 atom stereocenters. The molecule has 2 aromatic rings. The van der Waals surface area contributed by atoms with Crippen LogP contribution in [0.25, 0.3) is 5.69 Å². The fraction of sp³-hybridized carbons (Fsp3) is 0.0909. The molecule has 0 unspecified atom stereocenters. The summed E-state index contributed by atoms with van der Waals surface area (Å²) in [4.78, 5) is 11.4. The molecule has 20 heavy (non-hydrogen) atoms. The van der Waals surface area contributed by atoms with Crippen LogP contribution in [0.1, 0.15) is 16.1 Å². The molecule has 1 heterocycles. The minimum absolute atomic E-state index is 0.0390. The van der Waals surface area contributed by atoms with E-state index in [1.807, 2.05) is 0 Å². The molecule has 5 N–H and O–H groups in total. The highest BCUT2D eigenvalue weighted by Crippen LogP contribution is 2.34. The number of carbonyl (C=O) groups is 1. The number of nitrogen functional groups attached to an aromatic ring is 1. The first-order chi connectivity index (χ1) is 9.36. The quantitative estimate of drug-likeness (QED) is 0.797.